The van der Waals surface area contributed by atoms with Crippen molar-refractivity contribution < 1.29 is 0 Å². The summed E-state index contributed by atoms with van der Waals surface area (Å²) in [5.74, 6) is 0. The van der Waals surface area contributed by atoms with Crippen LogP contribution < -0.4 is 5.32 Å². The van der Waals surface area contributed by atoms with Crippen LogP contribution in [0.1, 0.15) is 25.7 Å². The molecule has 1 N–H and O–H groups in total. The second kappa shape index (κ2) is 2.42. The highest BCUT2D eigenvalue weighted by atomic mass is 32.2. The van der Waals surface area contributed by atoms with Crippen LogP contribution >= 0.6 is 11.8 Å². The molecule has 2 fully saturated rings. The molecule has 1 spiro atoms. The van der Waals surface area contributed by atoms with E-state index in [9.17, 15) is 0 Å². The summed E-state index contributed by atoms with van der Waals surface area (Å²) in [6, 6.07) is 0. The van der Waals surface area contributed by atoms with Crippen LogP contribution in [-0.4, -0.2) is 23.6 Å². The van der Waals surface area contributed by atoms with Gasteiger partial charge in [-0.15, -0.1) is 0 Å². The van der Waals surface area contributed by atoms with E-state index in [-0.39, 0.29) is 0 Å². The average molecular weight is 157 g/mol. The number of hydrogen-bond donors (Lipinski definition) is 1. The summed E-state index contributed by atoms with van der Waals surface area (Å²) in [6.07, 6.45) is 7.91. The summed E-state index contributed by atoms with van der Waals surface area (Å²) in [4.78, 5) is 0. The van der Waals surface area contributed by atoms with Gasteiger partial charge in [-0.05, 0) is 38.5 Å². The van der Waals surface area contributed by atoms with E-state index in [2.05, 4.69) is 11.6 Å². The molecule has 10 heavy (non-hydrogen) atoms. The summed E-state index contributed by atoms with van der Waals surface area (Å²) in [5.41, 5.74) is 0.631. The van der Waals surface area contributed by atoms with Gasteiger partial charge in [0.15, 0.2) is 0 Å². The molecule has 2 aliphatic rings. The molecule has 1 saturated carbocycles. The van der Waals surface area contributed by atoms with Crippen molar-refractivity contribution in [3.8, 4) is 0 Å². The van der Waals surface area contributed by atoms with Gasteiger partial charge in [0.05, 0.1) is 0 Å². The molecule has 1 nitrogen and oxygen atoms in total. The summed E-state index contributed by atoms with van der Waals surface area (Å²) in [5, 5.41) is 4.57. The molecule has 58 valence electrons. The molecule has 0 aromatic carbocycles. The van der Waals surface area contributed by atoms with Crippen molar-refractivity contribution in [3.05, 3.63) is 0 Å². The zero-order chi connectivity index (χ0) is 7.03. The van der Waals surface area contributed by atoms with Gasteiger partial charge in [0, 0.05) is 10.8 Å². The Labute approximate surface area is 67.0 Å². The van der Waals surface area contributed by atoms with E-state index >= 15 is 0 Å². The Balaban J connectivity index is 1.91. The molecule has 0 aromatic rings. The first-order valence-electron chi connectivity index (χ1n) is 4.12. The van der Waals surface area contributed by atoms with Crippen LogP contribution in [0.2, 0.25) is 0 Å². The molecule has 0 bridgehead atoms. The lowest BCUT2D eigenvalue weighted by Gasteiger charge is -2.29. The van der Waals surface area contributed by atoms with Crippen molar-refractivity contribution in [2.45, 2.75) is 36.5 Å². The smallest absolute Gasteiger partial charge is 0.0193 e. The third kappa shape index (κ3) is 1.19. The third-order valence-electron chi connectivity index (χ3n) is 2.77. The minimum absolute atomic E-state index is 0.631. The molecule has 1 aliphatic heterocycles. The SMILES string of the molecule is CSC1CCNC2(CC2)C1. The van der Waals surface area contributed by atoms with Crippen molar-refractivity contribution in [3.63, 3.8) is 0 Å². The summed E-state index contributed by atoms with van der Waals surface area (Å²) in [6.45, 7) is 1.26. The van der Waals surface area contributed by atoms with Gasteiger partial charge in [0.2, 0.25) is 0 Å². The minimum Gasteiger partial charge on any atom is -0.311 e. The molecule has 1 unspecified atom stereocenters. The zero-order valence-electron chi connectivity index (χ0n) is 6.52. The number of rotatable bonds is 1. The fourth-order valence-electron chi connectivity index (χ4n) is 1.84. The number of hydrogen-bond acceptors (Lipinski definition) is 2. The van der Waals surface area contributed by atoms with Gasteiger partial charge in [-0.3, -0.25) is 0 Å². The van der Waals surface area contributed by atoms with Gasteiger partial charge in [-0.1, -0.05) is 0 Å². The van der Waals surface area contributed by atoms with E-state index in [0.29, 0.717) is 5.54 Å². The van der Waals surface area contributed by atoms with E-state index in [0.717, 1.165) is 5.25 Å². The normalized spacial score (nSPS) is 36.3. The van der Waals surface area contributed by atoms with Crippen LogP contribution in [-0.2, 0) is 0 Å². The van der Waals surface area contributed by atoms with Crippen molar-refractivity contribution in [2.24, 2.45) is 0 Å². The van der Waals surface area contributed by atoms with Gasteiger partial charge in [-0.2, -0.15) is 11.8 Å². The summed E-state index contributed by atoms with van der Waals surface area (Å²) < 4.78 is 0. The van der Waals surface area contributed by atoms with Gasteiger partial charge in [0.1, 0.15) is 0 Å². The number of thioether (sulfide) groups is 1. The molecule has 2 rings (SSSR count). The molecule has 1 heterocycles. The molecule has 1 aliphatic carbocycles. The average Bonchev–Trinajstić information content (AvgIpc) is 2.70. The van der Waals surface area contributed by atoms with Crippen LogP contribution in [0.3, 0.4) is 0 Å². The fourth-order valence-corrected chi connectivity index (χ4v) is 2.68. The third-order valence-corrected chi connectivity index (χ3v) is 3.84. The Morgan fingerprint density at radius 3 is 2.90 bits per heavy atom. The quantitative estimate of drug-likeness (QED) is 0.621. The lowest BCUT2D eigenvalue weighted by molar-refractivity contribution is 0.393. The Bertz CT molecular complexity index is 131. The molecular formula is C8H15NS. The molecule has 1 saturated heterocycles. The predicted molar refractivity (Wildman–Crippen MR) is 46.5 cm³/mol. The van der Waals surface area contributed by atoms with Crippen LogP contribution in [0.5, 0.6) is 0 Å². The minimum atomic E-state index is 0.631. The Kier molecular flexibility index (Phi) is 1.69. The van der Waals surface area contributed by atoms with Crippen molar-refractivity contribution in [2.75, 3.05) is 12.8 Å². The Hall–Kier alpha value is 0.310. The van der Waals surface area contributed by atoms with Crippen molar-refractivity contribution in [1.29, 1.82) is 0 Å². The van der Waals surface area contributed by atoms with Crippen LogP contribution in [0.4, 0.5) is 0 Å². The van der Waals surface area contributed by atoms with Crippen LogP contribution in [0, 0.1) is 0 Å². The molecule has 1 atom stereocenters. The van der Waals surface area contributed by atoms with Crippen molar-refractivity contribution in [1.82, 2.24) is 5.32 Å². The second-order valence-corrected chi connectivity index (χ2v) is 4.70. The highest BCUT2D eigenvalue weighted by molar-refractivity contribution is 7.99. The monoisotopic (exact) mass is 157 g/mol. The van der Waals surface area contributed by atoms with E-state index < -0.39 is 0 Å². The first kappa shape index (κ1) is 6.99. The molecule has 0 amide bonds. The van der Waals surface area contributed by atoms with Crippen LogP contribution in [0.25, 0.3) is 0 Å². The van der Waals surface area contributed by atoms with E-state index in [1.807, 2.05) is 11.8 Å². The predicted octanol–water partition coefficient (Wildman–Crippen LogP) is 1.63. The first-order valence-corrected chi connectivity index (χ1v) is 5.41. The maximum Gasteiger partial charge on any atom is 0.0193 e. The van der Waals surface area contributed by atoms with E-state index in [4.69, 9.17) is 0 Å². The molecular weight excluding hydrogens is 142 g/mol. The maximum atomic E-state index is 3.62. The maximum absolute atomic E-state index is 3.62. The first-order chi connectivity index (χ1) is 4.85. The topological polar surface area (TPSA) is 12.0 Å². The van der Waals surface area contributed by atoms with E-state index in [1.54, 1.807) is 0 Å². The van der Waals surface area contributed by atoms with Gasteiger partial charge < -0.3 is 5.32 Å². The largest absolute Gasteiger partial charge is 0.311 e. The summed E-state index contributed by atoms with van der Waals surface area (Å²) >= 11 is 2.05. The van der Waals surface area contributed by atoms with Gasteiger partial charge in [-0.25, -0.2) is 0 Å². The lowest BCUT2D eigenvalue weighted by Crippen LogP contribution is -2.41. The van der Waals surface area contributed by atoms with Crippen molar-refractivity contribution >= 4 is 11.8 Å². The number of nitrogens with one attached hydrogen (secondary N) is 1. The summed E-state index contributed by atoms with van der Waals surface area (Å²) in [7, 11) is 0. The van der Waals surface area contributed by atoms with E-state index in [1.165, 1.54) is 32.2 Å². The molecule has 2 heteroatoms. The second-order valence-electron chi connectivity index (χ2n) is 3.56. The highest BCUT2D eigenvalue weighted by Gasteiger charge is 2.45. The standard InChI is InChI=1S/C8H15NS/c1-10-7-2-5-9-8(6-7)3-4-8/h7,9H,2-6H2,1H3. The number of piperidine rings is 1. The Morgan fingerprint density at radius 1 is 1.50 bits per heavy atom. The highest BCUT2D eigenvalue weighted by Crippen LogP contribution is 2.44. The molecule has 0 radical (unpaired) electrons. The van der Waals surface area contributed by atoms with Crippen LogP contribution in [0.15, 0.2) is 0 Å². The fraction of sp³-hybridized carbons (Fsp3) is 1.00. The zero-order valence-corrected chi connectivity index (χ0v) is 7.34. The molecule has 0 aromatic heterocycles. The lowest BCUT2D eigenvalue weighted by atomic mass is 10.0. The Morgan fingerprint density at radius 2 is 2.30 bits per heavy atom. The van der Waals surface area contributed by atoms with Gasteiger partial charge in [0.25, 0.3) is 0 Å². The van der Waals surface area contributed by atoms with Gasteiger partial charge >= 0.3 is 0 Å².